The highest BCUT2D eigenvalue weighted by molar-refractivity contribution is 6.30. The highest BCUT2D eigenvalue weighted by atomic mass is 35.5. The summed E-state index contributed by atoms with van der Waals surface area (Å²) in [6.07, 6.45) is 2.83. The normalized spacial score (nSPS) is 10.2. The van der Waals surface area contributed by atoms with Crippen LogP contribution in [0.3, 0.4) is 0 Å². The molecule has 5 heteroatoms. The average Bonchev–Trinajstić information content (AvgIpc) is 2.36. The molecule has 2 aromatic rings. The van der Waals surface area contributed by atoms with Gasteiger partial charge in [0.2, 0.25) is 5.78 Å². The summed E-state index contributed by atoms with van der Waals surface area (Å²) in [4.78, 5) is 19.4. The molecule has 0 aliphatic heterocycles. The van der Waals surface area contributed by atoms with E-state index in [0.29, 0.717) is 0 Å². The minimum atomic E-state index is -0.571. The summed E-state index contributed by atoms with van der Waals surface area (Å²) < 4.78 is 13.6. The number of Topliss-reactive ketones (excluding diaryl/α,β-unsaturated/α-hetero) is 1. The molecular formula is C12H8ClFN2O. The van der Waals surface area contributed by atoms with Gasteiger partial charge in [-0.05, 0) is 17.7 Å². The van der Waals surface area contributed by atoms with E-state index in [2.05, 4.69) is 9.97 Å². The van der Waals surface area contributed by atoms with Crippen LogP contribution in [-0.2, 0) is 6.42 Å². The first-order valence-electron chi connectivity index (χ1n) is 4.91. The van der Waals surface area contributed by atoms with Crippen LogP contribution in [0.5, 0.6) is 0 Å². The smallest absolute Gasteiger partial charge is 0.204 e. The van der Waals surface area contributed by atoms with Crippen LogP contribution in [0, 0.1) is 5.82 Å². The lowest BCUT2D eigenvalue weighted by molar-refractivity contribution is 0.0982. The molecular weight excluding hydrogens is 243 g/mol. The van der Waals surface area contributed by atoms with Gasteiger partial charge in [0.1, 0.15) is 5.82 Å². The van der Waals surface area contributed by atoms with Gasteiger partial charge in [0.25, 0.3) is 0 Å². The molecule has 0 amide bonds. The van der Waals surface area contributed by atoms with E-state index in [0.717, 1.165) is 0 Å². The van der Waals surface area contributed by atoms with Crippen LogP contribution < -0.4 is 0 Å². The van der Waals surface area contributed by atoms with Crippen molar-refractivity contribution in [1.29, 1.82) is 0 Å². The van der Waals surface area contributed by atoms with E-state index in [1.165, 1.54) is 24.5 Å². The first-order valence-corrected chi connectivity index (χ1v) is 5.29. The molecule has 0 N–H and O–H groups in total. The molecule has 86 valence electrons. The molecule has 0 spiro atoms. The predicted molar refractivity (Wildman–Crippen MR) is 61.5 cm³/mol. The van der Waals surface area contributed by atoms with Gasteiger partial charge in [0.05, 0.1) is 5.02 Å². The summed E-state index contributed by atoms with van der Waals surface area (Å²) in [5.74, 6) is -0.836. The van der Waals surface area contributed by atoms with Crippen LogP contribution in [0.25, 0.3) is 0 Å². The zero-order valence-electron chi connectivity index (χ0n) is 8.73. The van der Waals surface area contributed by atoms with Gasteiger partial charge in [-0.15, -0.1) is 0 Å². The summed E-state index contributed by atoms with van der Waals surface area (Å²) in [6, 6.07) is 6.16. The first-order chi connectivity index (χ1) is 8.18. The van der Waals surface area contributed by atoms with E-state index in [1.807, 2.05) is 0 Å². The third-order valence-electron chi connectivity index (χ3n) is 2.20. The Kier molecular flexibility index (Phi) is 3.44. The Morgan fingerprint density at radius 2 is 1.94 bits per heavy atom. The van der Waals surface area contributed by atoms with Crippen LogP contribution in [0.15, 0.2) is 36.7 Å². The number of hydrogen-bond acceptors (Lipinski definition) is 3. The van der Waals surface area contributed by atoms with Crippen molar-refractivity contribution in [2.45, 2.75) is 6.42 Å². The van der Waals surface area contributed by atoms with Crippen LogP contribution in [0.4, 0.5) is 4.39 Å². The Bertz CT molecular complexity index is 545. The maximum atomic E-state index is 13.6. The second kappa shape index (κ2) is 5.01. The van der Waals surface area contributed by atoms with Gasteiger partial charge in [0, 0.05) is 18.8 Å². The Labute approximate surface area is 102 Å². The number of rotatable bonds is 3. The number of carbonyl (C=O) groups is 1. The number of halogens is 2. The summed E-state index contributed by atoms with van der Waals surface area (Å²) in [5.41, 5.74) is 0.245. The second-order valence-electron chi connectivity index (χ2n) is 3.39. The summed E-state index contributed by atoms with van der Waals surface area (Å²) in [6.45, 7) is 0. The zero-order valence-corrected chi connectivity index (χ0v) is 9.49. The van der Waals surface area contributed by atoms with Crippen molar-refractivity contribution >= 4 is 17.4 Å². The Hall–Kier alpha value is -1.81. The number of hydrogen-bond donors (Lipinski definition) is 0. The zero-order chi connectivity index (χ0) is 12.3. The molecule has 1 aromatic carbocycles. The van der Waals surface area contributed by atoms with Crippen molar-refractivity contribution in [3.05, 3.63) is 58.9 Å². The Morgan fingerprint density at radius 3 is 2.65 bits per heavy atom. The van der Waals surface area contributed by atoms with Crippen LogP contribution in [0.1, 0.15) is 16.2 Å². The van der Waals surface area contributed by atoms with Gasteiger partial charge in [-0.25, -0.2) is 14.4 Å². The second-order valence-corrected chi connectivity index (χ2v) is 3.79. The third kappa shape index (κ3) is 2.65. The van der Waals surface area contributed by atoms with Gasteiger partial charge < -0.3 is 0 Å². The van der Waals surface area contributed by atoms with Crippen LogP contribution in [-0.4, -0.2) is 15.8 Å². The molecule has 1 aromatic heterocycles. The van der Waals surface area contributed by atoms with Crippen molar-refractivity contribution in [2.75, 3.05) is 0 Å². The monoisotopic (exact) mass is 250 g/mol. The highest BCUT2D eigenvalue weighted by Gasteiger charge is 2.13. The highest BCUT2D eigenvalue weighted by Crippen LogP contribution is 2.18. The molecule has 3 nitrogen and oxygen atoms in total. The number of aromatic nitrogens is 2. The van der Waals surface area contributed by atoms with E-state index in [9.17, 15) is 9.18 Å². The molecule has 0 saturated carbocycles. The fraction of sp³-hybridized carbons (Fsp3) is 0.0833. The largest absolute Gasteiger partial charge is 0.290 e. The molecule has 0 aliphatic carbocycles. The van der Waals surface area contributed by atoms with Crippen LogP contribution >= 0.6 is 11.6 Å². The fourth-order valence-electron chi connectivity index (χ4n) is 1.38. The number of nitrogens with zero attached hydrogens (tertiary/aromatic N) is 2. The van der Waals surface area contributed by atoms with Gasteiger partial charge in [-0.3, -0.25) is 4.79 Å². The quantitative estimate of drug-likeness (QED) is 0.787. The minimum Gasteiger partial charge on any atom is -0.290 e. The van der Waals surface area contributed by atoms with Crippen molar-refractivity contribution < 1.29 is 9.18 Å². The number of benzene rings is 1. The minimum absolute atomic E-state index is 0.00396. The van der Waals surface area contributed by atoms with Crippen molar-refractivity contribution in [1.82, 2.24) is 9.97 Å². The molecule has 0 saturated heterocycles. The molecule has 0 unspecified atom stereocenters. The van der Waals surface area contributed by atoms with E-state index in [-0.39, 0.29) is 28.6 Å². The van der Waals surface area contributed by atoms with Crippen molar-refractivity contribution in [3.8, 4) is 0 Å². The van der Waals surface area contributed by atoms with E-state index in [4.69, 9.17) is 11.6 Å². The van der Waals surface area contributed by atoms with E-state index in [1.54, 1.807) is 12.1 Å². The van der Waals surface area contributed by atoms with Gasteiger partial charge >= 0.3 is 0 Å². The molecule has 2 rings (SSSR count). The molecule has 0 radical (unpaired) electrons. The Morgan fingerprint density at radius 1 is 1.24 bits per heavy atom. The molecule has 17 heavy (non-hydrogen) atoms. The predicted octanol–water partition coefficient (Wildman–Crippen LogP) is 2.69. The lowest BCUT2D eigenvalue weighted by Gasteiger charge is -2.02. The number of carbonyl (C=O) groups excluding carboxylic acids is 1. The maximum absolute atomic E-state index is 13.6. The summed E-state index contributed by atoms with van der Waals surface area (Å²) in [7, 11) is 0. The number of ketones is 1. The Balaban J connectivity index is 2.22. The molecule has 0 atom stereocenters. The SMILES string of the molecule is O=C(Cc1cccc(Cl)c1F)c1ncccn1. The van der Waals surface area contributed by atoms with E-state index < -0.39 is 5.82 Å². The van der Waals surface area contributed by atoms with Crippen molar-refractivity contribution in [3.63, 3.8) is 0 Å². The maximum Gasteiger partial charge on any atom is 0.204 e. The van der Waals surface area contributed by atoms with E-state index >= 15 is 0 Å². The molecule has 0 fully saturated rings. The molecule has 0 bridgehead atoms. The lowest BCUT2D eigenvalue weighted by atomic mass is 10.1. The molecule has 0 aliphatic rings. The standard InChI is InChI=1S/C12H8ClFN2O/c13-9-4-1-3-8(11(9)14)7-10(17)12-15-5-2-6-16-12/h1-6H,7H2. The summed E-state index contributed by atoms with van der Waals surface area (Å²) >= 11 is 5.63. The third-order valence-corrected chi connectivity index (χ3v) is 2.49. The van der Waals surface area contributed by atoms with Crippen molar-refractivity contribution in [2.24, 2.45) is 0 Å². The average molecular weight is 251 g/mol. The van der Waals surface area contributed by atoms with Gasteiger partial charge in [-0.1, -0.05) is 23.7 Å². The van der Waals surface area contributed by atoms with Gasteiger partial charge in [0.15, 0.2) is 5.82 Å². The van der Waals surface area contributed by atoms with Gasteiger partial charge in [-0.2, -0.15) is 0 Å². The lowest BCUT2D eigenvalue weighted by Crippen LogP contribution is -2.09. The first kappa shape index (κ1) is 11.7. The summed E-state index contributed by atoms with van der Waals surface area (Å²) in [5, 5.41) is 0.00396. The topological polar surface area (TPSA) is 42.9 Å². The molecule has 1 heterocycles. The fourth-order valence-corrected chi connectivity index (χ4v) is 1.57. The van der Waals surface area contributed by atoms with Crippen LogP contribution in [0.2, 0.25) is 5.02 Å².